The van der Waals surface area contributed by atoms with Crippen LogP contribution in [-0.4, -0.2) is 37.5 Å². The normalized spacial score (nSPS) is 14.2. The molecule has 0 bridgehead atoms. The summed E-state index contributed by atoms with van der Waals surface area (Å²) < 4.78 is 64.0. The Kier molecular flexibility index (Phi) is 3.46. The minimum absolute atomic E-state index is 0.0240. The van der Waals surface area contributed by atoms with Gasteiger partial charge in [-0.2, -0.15) is 16.8 Å². The van der Waals surface area contributed by atoms with Crippen LogP contribution in [0.2, 0.25) is 0 Å². The zero-order valence-electron chi connectivity index (χ0n) is 11.6. The van der Waals surface area contributed by atoms with Gasteiger partial charge in [0.1, 0.15) is 9.79 Å². The Bertz CT molecular complexity index is 1040. The number of fused-ring (bicyclic) bond motifs is 2. The smallest absolute Gasteiger partial charge is 0.289 e. The lowest BCUT2D eigenvalue weighted by Crippen LogP contribution is -2.23. The summed E-state index contributed by atoms with van der Waals surface area (Å²) in [6.07, 6.45) is 0. The summed E-state index contributed by atoms with van der Waals surface area (Å²) in [5, 5.41) is 0. The number of hydrogen-bond donors (Lipinski definition) is 2. The maximum absolute atomic E-state index is 12.5. The van der Waals surface area contributed by atoms with Crippen LogP contribution in [0, 0.1) is 0 Å². The van der Waals surface area contributed by atoms with Crippen molar-refractivity contribution in [3.63, 3.8) is 0 Å². The second-order valence-corrected chi connectivity index (χ2v) is 7.78. The van der Waals surface area contributed by atoms with Crippen molar-refractivity contribution in [2.45, 2.75) is 9.79 Å². The van der Waals surface area contributed by atoms with E-state index in [0.29, 0.717) is 12.1 Å². The molecule has 0 fully saturated rings. The topological polar surface area (TPSA) is 143 Å². The van der Waals surface area contributed by atoms with Crippen LogP contribution in [-0.2, 0) is 20.2 Å². The molecule has 124 valence electrons. The van der Waals surface area contributed by atoms with Crippen LogP contribution < -0.4 is 0 Å². The highest BCUT2D eigenvalue weighted by molar-refractivity contribution is 7.89. The summed E-state index contributed by atoms with van der Waals surface area (Å²) in [6, 6.07) is 6.88. The molecule has 0 heterocycles. The van der Waals surface area contributed by atoms with E-state index in [-0.39, 0.29) is 22.3 Å². The van der Waals surface area contributed by atoms with Crippen LogP contribution >= 0.6 is 0 Å². The second-order valence-electron chi connectivity index (χ2n) is 5.00. The molecular weight excluding hydrogens is 360 g/mol. The molecular formula is C14H8O8S2. The Morgan fingerprint density at radius 3 is 1.25 bits per heavy atom. The molecule has 0 aliphatic heterocycles. The van der Waals surface area contributed by atoms with Crippen molar-refractivity contribution < 1.29 is 35.5 Å². The molecule has 0 aromatic heterocycles. The number of carbonyl (C=O) groups excluding carboxylic acids is 2. The molecule has 0 spiro atoms. The zero-order valence-corrected chi connectivity index (χ0v) is 13.3. The maximum Gasteiger partial charge on any atom is 0.295 e. The average Bonchev–Trinajstić information content (AvgIpc) is 2.49. The SMILES string of the molecule is O=C1c2ccccc2C(=O)c2cc(S(=O)(=O)O)c(S(=O)(=O)O)cc21. The van der Waals surface area contributed by atoms with E-state index in [1.165, 1.54) is 24.3 Å². The summed E-state index contributed by atoms with van der Waals surface area (Å²) in [7, 11) is -10.1. The van der Waals surface area contributed by atoms with Gasteiger partial charge in [-0.15, -0.1) is 0 Å². The quantitative estimate of drug-likeness (QED) is 0.637. The molecule has 24 heavy (non-hydrogen) atoms. The summed E-state index contributed by atoms with van der Waals surface area (Å²) >= 11 is 0. The summed E-state index contributed by atoms with van der Waals surface area (Å²) in [5.74, 6) is -1.40. The Morgan fingerprint density at radius 2 is 0.958 bits per heavy atom. The van der Waals surface area contributed by atoms with Gasteiger partial charge >= 0.3 is 0 Å². The van der Waals surface area contributed by atoms with E-state index in [1.54, 1.807) is 0 Å². The fraction of sp³-hybridized carbons (Fsp3) is 0. The van der Waals surface area contributed by atoms with Crippen LogP contribution in [0.1, 0.15) is 31.8 Å². The molecule has 2 N–H and O–H groups in total. The molecule has 1 aliphatic rings. The molecule has 3 rings (SSSR count). The third kappa shape index (κ3) is 2.45. The van der Waals surface area contributed by atoms with Crippen LogP contribution in [0.5, 0.6) is 0 Å². The molecule has 2 aromatic rings. The van der Waals surface area contributed by atoms with Gasteiger partial charge in [-0.05, 0) is 12.1 Å². The van der Waals surface area contributed by atoms with Gasteiger partial charge < -0.3 is 0 Å². The molecule has 0 amide bonds. The van der Waals surface area contributed by atoms with Crippen molar-refractivity contribution in [3.05, 3.63) is 58.7 Å². The minimum atomic E-state index is -5.07. The number of carbonyl (C=O) groups is 2. The van der Waals surface area contributed by atoms with Crippen LogP contribution in [0.3, 0.4) is 0 Å². The van der Waals surface area contributed by atoms with Crippen molar-refractivity contribution in [3.8, 4) is 0 Å². The van der Waals surface area contributed by atoms with Gasteiger partial charge in [-0.3, -0.25) is 18.7 Å². The van der Waals surface area contributed by atoms with E-state index in [0.717, 1.165) is 0 Å². The van der Waals surface area contributed by atoms with Crippen molar-refractivity contribution in [1.82, 2.24) is 0 Å². The van der Waals surface area contributed by atoms with Gasteiger partial charge in [-0.1, -0.05) is 24.3 Å². The molecule has 2 aromatic carbocycles. The van der Waals surface area contributed by atoms with Crippen LogP contribution in [0.15, 0.2) is 46.2 Å². The van der Waals surface area contributed by atoms with Gasteiger partial charge in [0, 0.05) is 22.3 Å². The monoisotopic (exact) mass is 368 g/mol. The Labute approximate surface area is 136 Å². The molecule has 0 atom stereocenters. The molecule has 10 heteroatoms. The highest BCUT2D eigenvalue weighted by Crippen LogP contribution is 2.32. The first-order chi connectivity index (χ1) is 11.0. The largest absolute Gasteiger partial charge is 0.295 e. The number of hydrogen-bond acceptors (Lipinski definition) is 6. The predicted molar refractivity (Wildman–Crippen MR) is 79.4 cm³/mol. The molecule has 0 unspecified atom stereocenters. The van der Waals surface area contributed by atoms with E-state index in [1.807, 2.05) is 0 Å². The van der Waals surface area contributed by atoms with Gasteiger partial charge in [-0.25, -0.2) is 0 Å². The van der Waals surface area contributed by atoms with Crippen molar-refractivity contribution in [2.75, 3.05) is 0 Å². The Morgan fingerprint density at radius 1 is 0.625 bits per heavy atom. The number of benzene rings is 2. The number of ketones is 2. The fourth-order valence-corrected chi connectivity index (χ4v) is 4.30. The first kappa shape index (κ1) is 16.5. The molecule has 8 nitrogen and oxygen atoms in total. The fourth-order valence-electron chi connectivity index (χ4n) is 2.51. The average molecular weight is 368 g/mol. The first-order valence-corrected chi connectivity index (χ1v) is 9.21. The molecule has 1 aliphatic carbocycles. The van der Waals surface area contributed by atoms with E-state index in [4.69, 9.17) is 0 Å². The third-order valence-electron chi connectivity index (χ3n) is 3.55. The van der Waals surface area contributed by atoms with E-state index in [9.17, 15) is 35.5 Å². The van der Waals surface area contributed by atoms with Gasteiger partial charge in [0.15, 0.2) is 11.6 Å². The van der Waals surface area contributed by atoms with Crippen LogP contribution in [0.4, 0.5) is 0 Å². The number of rotatable bonds is 2. The summed E-state index contributed by atoms with van der Waals surface area (Å²) in [6.45, 7) is 0. The predicted octanol–water partition coefficient (Wildman–Crippen LogP) is 0.955. The summed E-state index contributed by atoms with van der Waals surface area (Å²) in [5.41, 5.74) is -0.704. The summed E-state index contributed by atoms with van der Waals surface area (Å²) in [4.78, 5) is 22.6. The maximum atomic E-state index is 12.5. The van der Waals surface area contributed by atoms with Gasteiger partial charge in [0.2, 0.25) is 0 Å². The first-order valence-electron chi connectivity index (χ1n) is 6.33. The highest BCUT2D eigenvalue weighted by atomic mass is 32.2. The minimum Gasteiger partial charge on any atom is -0.289 e. The van der Waals surface area contributed by atoms with E-state index in [2.05, 4.69) is 0 Å². The lowest BCUT2D eigenvalue weighted by molar-refractivity contribution is 0.0978. The Hall–Kier alpha value is -2.40. The standard InChI is InChI=1S/C14H8O8S2/c15-13-7-3-1-2-4-8(7)14(16)10-6-12(24(20,21)22)11(5-9(10)13)23(17,18)19/h1-6H,(H,17,18,19)(H,20,21,22). The third-order valence-corrected chi connectivity index (χ3v) is 5.46. The van der Waals surface area contributed by atoms with Crippen LogP contribution in [0.25, 0.3) is 0 Å². The zero-order chi connectivity index (χ0) is 17.9. The van der Waals surface area contributed by atoms with E-state index < -0.39 is 41.6 Å². The van der Waals surface area contributed by atoms with Crippen molar-refractivity contribution in [2.24, 2.45) is 0 Å². The van der Waals surface area contributed by atoms with E-state index >= 15 is 0 Å². The van der Waals surface area contributed by atoms with Crippen molar-refractivity contribution in [1.29, 1.82) is 0 Å². The molecule has 0 radical (unpaired) electrons. The lowest BCUT2D eigenvalue weighted by Gasteiger charge is -2.18. The Balaban J connectivity index is 2.43. The van der Waals surface area contributed by atoms with Gasteiger partial charge in [0.05, 0.1) is 0 Å². The molecule has 0 saturated carbocycles. The molecule has 0 saturated heterocycles. The lowest BCUT2D eigenvalue weighted by atomic mass is 9.84. The second kappa shape index (κ2) is 5.05. The highest BCUT2D eigenvalue weighted by Gasteiger charge is 2.34. The van der Waals surface area contributed by atoms with Gasteiger partial charge in [0.25, 0.3) is 20.2 Å². The van der Waals surface area contributed by atoms with Crippen molar-refractivity contribution >= 4 is 31.8 Å².